The number of nitrogens with one attached hydrogen (secondary N) is 2. The van der Waals surface area contributed by atoms with E-state index in [1.165, 1.54) is 11.8 Å². The van der Waals surface area contributed by atoms with Crippen LogP contribution in [0, 0.1) is 6.92 Å². The predicted molar refractivity (Wildman–Crippen MR) is 82.9 cm³/mol. The Morgan fingerprint density at radius 2 is 2.24 bits per heavy atom. The van der Waals surface area contributed by atoms with Crippen LogP contribution < -0.4 is 11.0 Å². The maximum atomic E-state index is 11.8. The summed E-state index contributed by atoms with van der Waals surface area (Å²) in [4.78, 5) is 20.5. The van der Waals surface area contributed by atoms with Crippen molar-refractivity contribution in [3.8, 4) is 0 Å². The maximum absolute atomic E-state index is 11.8. The van der Waals surface area contributed by atoms with Gasteiger partial charge in [-0.05, 0) is 39.0 Å². The Labute approximate surface area is 127 Å². The number of aryl methyl sites for hydroxylation is 1. The van der Waals surface area contributed by atoms with Crippen molar-refractivity contribution < 1.29 is 0 Å². The molecule has 0 aliphatic rings. The molecule has 0 aromatic carbocycles. The van der Waals surface area contributed by atoms with Crippen molar-refractivity contribution in [2.45, 2.75) is 50.3 Å². The molecule has 114 valence electrons. The molecule has 21 heavy (non-hydrogen) atoms. The van der Waals surface area contributed by atoms with Crippen LogP contribution in [0.15, 0.2) is 21.2 Å². The molecule has 0 saturated heterocycles. The fourth-order valence-electron chi connectivity index (χ4n) is 1.76. The molecule has 2 heterocycles. The van der Waals surface area contributed by atoms with Crippen LogP contribution in [-0.2, 0) is 0 Å². The number of aromatic nitrogens is 5. The number of hydrogen-bond donors (Lipinski definition) is 2. The minimum atomic E-state index is -0.205. The van der Waals surface area contributed by atoms with Crippen LogP contribution in [0.5, 0.6) is 0 Å². The van der Waals surface area contributed by atoms with Gasteiger partial charge in [0.2, 0.25) is 5.95 Å². The van der Waals surface area contributed by atoms with E-state index < -0.39 is 0 Å². The van der Waals surface area contributed by atoms with Gasteiger partial charge in [0.15, 0.2) is 5.16 Å². The fourth-order valence-corrected chi connectivity index (χ4v) is 2.76. The molecule has 0 amide bonds. The van der Waals surface area contributed by atoms with Crippen molar-refractivity contribution in [2.24, 2.45) is 0 Å². The summed E-state index contributed by atoms with van der Waals surface area (Å²) in [5, 5.41) is 11.1. The summed E-state index contributed by atoms with van der Waals surface area (Å²) in [6.45, 7) is 8.74. The van der Waals surface area contributed by atoms with Crippen LogP contribution in [0.25, 0.3) is 0 Å². The summed E-state index contributed by atoms with van der Waals surface area (Å²) in [6, 6.07) is 0.0404. The molecule has 2 aromatic rings. The monoisotopic (exact) mass is 308 g/mol. The highest BCUT2D eigenvalue weighted by Crippen LogP contribution is 2.27. The van der Waals surface area contributed by atoms with Crippen LogP contribution in [0.4, 0.5) is 5.95 Å². The number of aromatic amines is 1. The van der Waals surface area contributed by atoms with Gasteiger partial charge in [-0.25, -0.2) is 19.9 Å². The van der Waals surface area contributed by atoms with Gasteiger partial charge in [0.25, 0.3) is 0 Å². The average molecular weight is 308 g/mol. The Balaban J connectivity index is 2.29. The van der Waals surface area contributed by atoms with E-state index >= 15 is 0 Å². The lowest BCUT2D eigenvalue weighted by Crippen LogP contribution is -2.19. The van der Waals surface area contributed by atoms with E-state index in [9.17, 15) is 4.79 Å². The van der Waals surface area contributed by atoms with E-state index in [0.29, 0.717) is 11.1 Å². The lowest BCUT2D eigenvalue weighted by Gasteiger charge is -2.10. The lowest BCUT2D eigenvalue weighted by atomic mass is 10.4. The SMILES string of the molecule is CCCNc1ncc(C)c(Sc2n[nH]c(=O)n2C(C)C)n1. The Morgan fingerprint density at radius 1 is 1.48 bits per heavy atom. The molecule has 0 unspecified atom stereocenters. The van der Waals surface area contributed by atoms with Crippen LogP contribution in [0.2, 0.25) is 0 Å². The summed E-state index contributed by atoms with van der Waals surface area (Å²) < 4.78 is 1.62. The maximum Gasteiger partial charge on any atom is 0.344 e. The second-order valence-corrected chi connectivity index (χ2v) is 5.94. The van der Waals surface area contributed by atoms with Gasteiger partial charge in [-0.15, -0.1) is 5.10 Å². The highest BCUT2D eigenvalue weighted by Gasteiger charge is 2.15. The fraction of sp³-hybridized carbons (Fsp3) is 0.538. The summed E-state index contributed by atoms with van der Waals surface area (Å²) in [5.74, 6) is 0.596. The standard InChI is InChI=1S/C13H20N6OS/c1-5-6-14-11-15-7-9(4)10(16-11)21-13-18-17-12(20)19(13)8(2)3/h7-8H,5-6H2,1-4H3,(H,17,20)(H,14,15,16). The molecule has 0 spiro atoms. The van der Waals surface area contributed by atoms with Crippen LogP contribution in [0.1, 0.15) is 38.8 Å². The largest absolute Gasteiger partial charge is 0.354 e. The second kappa shape index (κ2) is 6.75. The molecular formula is C13H20N6OS. The first kappa shape index (κ1) is 15.6. The van der Waals surface area contributed by atoms with Crippen LogP contribution >= 0.6 is 11.8 Å². The molecule has 0 atom stereocenters. The first-order valence-electron chi connectivity index (χ1n) is 6.95. The quantitative estimate of drug-likeness (QED) is 0.796. The Morgan fingerprint density at radius 3 is 2.90 bits per heavy atom. The highest BCUT2D eigenvalue weighted by atomic mass is 32.2. The summed E-state index contributed by atoms with van der Waals surface area (Å²) in [7, 11) is 0. The van der Waals surface area contributed by atoms with Crippen molar-refractivity contribution >= 4 is 17.7 Å². The smallest absolute Gasteiger partial charge is 0.344 e. The van der Waals surface area contributed by atoms with Crippen LogP contribution in [-0.4, -0.2) is 31.3 Å². The first-order chi connectivity index (χ1) is 10.0. The van der Waals surface area contributed by atoms with E-state index in [1.807, 2.05) is 20.8 Å². The molecule has 0 aliphatic heterocycles. The molecule has 2 rings (SSSR count). The minimum absolute atomic E-state index is 0.0404. The molecule has 0 aliphatic carbocycles. The molecule has 0 radical (unpaired) electrons. The van der Waals surface area contributed by atoms with E-state index in [1.54, 1.807) is 10.8 Å². The zero-order valence-corrected chi connectivity index (χ0v) is 13.5. The van der Waals surface area contributed by atoms with Gasteiger partial charge in [-0.3, -0.25) is 4.57 Å². The molecule has 0 saturated carbocycles. The second-order valence-electron chi connectivity index (χ2n) is 4.99. The molecule has 7 nitrogen and oxygen atoms in total. The molecule has 2 aromatic heterocycles. The average Bonchev–Trinajstić information content (AvgIpc) is 2.80. The third-order valence-electron chi connectivity index (χ3n) is 2.83. The van der Waals surface area contributed by atoms with Crippen molar-refractivity contribution in [1.29, 1.82) is 0 Å². The third-order valence-corrected chi connectivity index (χ3v) is 3.91. The van der Waals surface area contributed by atoms with Gasteiger partial charge in [0, 0.05) is 24.3 Å². The zero-order chi connectivity index (χ0) is 15.4. The number of rotatable bonds is 6. The Bertz CT molecular complexity index is 663. The molecule has 2 N–H and O–H groups in total. The van der Waals surface area contributed by atoms with Gasteiger partial charge < -0.3 is 5.32 Å². The Hall–Kier alpha value is -1.83. The van der Waals surface area contributed by atoms with Crippen molar-refractivity contribution in [3.05, 3.63) is 22.2 Å². The summed E-state index contributed by atoms with van der Waals surface area (Å²) in [6.07, 6.45) is 2.78. The van der Waals surface area contributed by atoms with E-state index in [2.05, 4.69) is 32.4 Å². The van der Waals surface area contributed by atoms with Crippen molar-refractivity contribution in [3.63, 3.8) is 0 Å². The first-order valence-corrected chi connectivity index (χ1v) is 7.76. The number of hydrogen-bond acceptors (Lipinski definition) is 6. The minimum Gasteiger partial charge on any atom is -0.354 e. The third kappa shape index (κ3) is 3.63. The van der Waals surface area contributed by atoms with E-state index in [0.717, 1.165) is 23.6 Å². The molecular weight excluding hydrogens is 288 g/mol. The van der Waals surface area contributed by atoms with Gasteiger partial charge in [0.1, 0.15) is 5.03 Å². The van der Waals surface area contributed by atoms with E-state index in [4.69, 9.17) is 0 Å². The molecule has 8 heteroatoms. The van der Waals surface area contributed by atoms with Gasteiger partial charge in [-0.2, -0.15) is 0 Å². The van der Waals surface area contributed by atoms with Crippen molar-refractivity contribution in [2.75, 3.05) is 11.9 Å². The summed E-state index contributed by atoms with van der Waals surface area (Å²) in [5.41, 5.74) is 0.747. The molecule has 0 bridgehead atoms. The van der Waals surface area contributed by atoms with Gasteiger partial charge in [0.05, 0.1) is 0 Å². The normalized spacial score (nSPS) is 11.1. The van der Waals surface area contributed by atoms with E-state index in [-0.39, 0.29) is 11.7 Å². The lowest BCUT2D eigenvalue weighted by molar-refractivity contribution is 0.534. The number of H-pyrrole nitrogens is 1. The number of anilines is 1. The summed E-state index contributed by atoms with van der Waals surface area (Å²) >= 11 is 1.37. The predicted octanol–water partition coefficient (Wildman–Crippen LogP) is 2.22. The van der Waals surface area contributed by atoms with Gasteiger partial charge >= 0.3 is 5.69 Å². The van der Waals surface area contributed by atoms with Crippen LogP contribution in [0.3, 0.4) is 0 Å². The molecule has 0 fully saturated rings. The highest BCUT2D eigenvalue weighted by molar-refractivity contribution is 7.99. The van der Waals surface area contributed by atoms with Gasteiger partial charge in [-0.1, -0.05) is 6.92 Å². The Kier molecular flexibility index (Phi) is 5.00. The topological polar surface area (TPSA) is 88.5 Å². The van der Waals surface area contributed by atoms with Crippen molar-refractivity contribution in [1.82, 2.24) is 24.7 Å². The number of nitrogens with zero attached hydrogens (tertiary/aromatic N) is 4. The zero-order valence-electron chi connectivity index (χ0n) is 12.7.